The van der Waals surface area contributed by atoms with E-state index in [1.165, 1.54) is 0 Å². The fraction of sp³-hybridized carbons (Fsp3) is 1.00. The highest BCUT2D eigenvalue weighted by Crippen LogP contribution is 2.34. The lowest BCUT2D eigenvalue weighted by atomic mass is 9.88. The van der Waals surface area contributed by atoms with Gasteiger partial charge in [0.05, 0.1) is 5.38 Å². The maximum atomic E-state index is 13.1. The molecule has 1 fully saturated rings. The summed E-state index contributed by atoms with van der Waals surface area (Å²) in [6.07, 6.45) is 3.57. The van der Waals surface area contributed by atoms with Crippen molar-refractivity contribution in [1.82, 2.24) is 0 Å². The molecule has 9 heavy (non-hydrogen) atoms. The zero-order chi connectivity index (χ0) is 6.91. The van der Waals surface area contributed by atoms with E-state index in [1.54, 1.807) is 6.92 Å². The molecule has 2 heteroatoms. The van der Waals surface area contributed by atoms with Crippen LogP contribution in [-0.2, 0) is 0 Å². The van der Waals surface area contributed by atoms with Crippen molar-refractivity contribution >= 4 is 11.6 Å². The van der Waals surface area contributed by atoms with Crippen molar-refractivity contribution in [1.29, 1.82) is 0 Å². The van der Waals surface area contributed by atoms with Gasteiger partial charge in [0.15, 0.2) is 0 Å². The van der Waals surface area contributed by atoms with Crippen LogP contribution in [0.4, 0.5) is 4.39 Å². The molecule has 0 nitrogen and oxygen atoms in total. The van der Waals surface area contributed by atoms with Crippen molar-refractivity contribution in [2.75, 3.05) is 0 Å². The summed E-state index contributed by atoms with van der Waals surface area (Å²) in [5, 5.41) is -0.244. The van der Waals surface area contributed by atoms with Gasteiger partial charge in [0, 0.05) is 0 Å². The molecule has 2 atom stereocenters. The first-order valence-electron chi connectivity index (χ1n) is 3.46. The third-order valence-corrected chi connectivity index (χ3v) is 2.70. The summed E-state index contributed by atoms with van der Waals surface area (Å²) < 4.78 is 13.1. The highest BCUT2D eigenvalue weighted by atomic mass is 35.5. The Bertz CT molecular complexity index is 101. The van der Waals surface area contributed by atoms with Crippen molar-refractivity contribution in [3.8, 4) is 0 Å². The summed E-state index contributed by atoms with van der Waals surface area (Å²) in [6, 6.07) is 0. The standard InChI is InChI=1S/C7H12ClF/c1-7(9)5-3-2-4-6(7)8/h6H,2-5H2,1H3/t6?,7-/m1/s1. The Balaban J connectivity index is 2.49. The van der Waals surface area contributed by atoms with E-state index in [0.29, 0.717) is 6.42 Å². The highest BCUT2D eigenvalue weighted by molar-refractivity contribution is 6.21. The van der Waals surface area contributed by atoms with E-state index in [4.69, 9.17) is 11.6 Å². The number of hydrogen-bond acceptors (Lipinski definition) is 0. The number of alkyl halides is 2. The fourth-order valence-electron chi connectivity index (χ4n) is 1.25. The fourth-order valence-corrected chi connectivity index (χ4v) is 1.52. The summed E-state index contributed by atoms with van der Waals surface area (Å²) in [7, 11) is 0. The highest BCUT2D eigenvalue weighted by Gasteiger charge is 2.34. The second kappa shape index (κ2) is 2.45. The van der Waals surface area contributed by atoms with Crippen molar-refractivity contribution in [3.05, 3.63) is 0 Å². The van der Waals surface area contributed by atoms with Gasteiger partial charge < -0.3 is 0 Å². The third-order valence-electron chi connectivity index (χ3n) is 2.03. The Labute approximate surface area is 60.4 Å². The normalized spacial score (nSPS) is 45.0. The molecule has 0 aromatic rings. The van der Waals surface area contributed by atoms with E-state index in [1.807, 2.05) is 0 Å². The Kier molecular flexibility index (Phi) is 2.00. The summed E-state index contributed by atoms with van der Waals surface area (Å²) in [4.78, 5) is 0. The molecule has 0 N–H and O–H groups in total. The molecule has 0 saturated heterocycles. The van der Waals surface area contributed by atoms with Gasteiger partial charge in [0.1, 0.15) is 5.67 Å². The molecule has 0 radical (unpaired) electrons. The van der Waals surface area contributed by atoms with E-state index in [0.717, 1.165) is 19.3 Å². The van der Waals surface area contributed by atoms with E-state index < -0.39 is 5.67 Å². The van der Waals surface area contributed by atoms with Gasteiger partial charge in [-0.3, -0.25) is 0 Å². The van der Waals surface area contributed by atoms with Gasteiger partial charge in [-0.1, -0.05) is 12.8 Å². The Morgan fingerprint density at radius 1 is 1.56 bits per heavy atom. The predicted octanol–water partition coefficient (Wildman–Crippen LogP) is 2.90. The van der Waals surface area contributed by atoms with E-state index >= 15 is 0 Å². The summed E-state index contributed by atoms with van der Waals surface area (Å²) in [5.74, 6) is 0. The van der Waals surface area contributed by atoms with Crippen LogP contribution in [-0.4, -0.2) is 11.0 Å². The van der Waals surface area contributed by atoms with Crippen LogP contribution in [0.15, 0.2) is 0 Å². The average Bonchev–Trinajstić information content (AvgIpc) is 1.77. The number of hydrogen-bond donors (Lipinski definition) is 0. The minimum atomic E-state index is -1.10. The van der Waals surface area contributed by atoms with Crippen molar-refractivity contribution in [3.63, 3.8) is 0 Å². The summed E-state index contributed by atoms with van der Waals surface area (Å²) in [6.45, 7) is 1.60. The first-order valence-corrected chi connectivity index (χ1v) is 3.89. The molecule has 1 aliphatic rings. The zero-order valence-corrected chi connectivity index (χ0v) is 6.42. The van der Waals surface area contributed by atoms with E-state index in [2.05, 4.69) is 0 Å². The first kappa shape index (κ1) is 7.33. The molecule has 1 saturated carbocycles. The molecule has 0 aromatic heterocycles. The van der Waals surface area contributed by atoms with Gasteiger partial charge in [-0.2, -0.15) is 0 Å². The minimum absolute atomic E-state index is 0.244. The number of halogens is 2. The molecule has 0 bridgehead atoms. The average molecular weight is 151 g/mol. The van der Waals surface area contributed by atoms with Gasteiger partial charge >= 0.3 is 0 Å². The first-order chi connectivity index (χ1) is 4.13. The van der Waals surface area contributed by atoms with Crippen LogP contribution in [0.25, 0.3) is 0 Å². The van der Waals surface area contributed by atoms with E-state index in [9.17, 15) is 4.39 Å². The molecule has 0 aliphatic heterocycles. The topological polar surface area (TPSA) is 0 Å². The quantitative estimate of drug-likeness (QED) is 0.466. The van der Waals surface area contributed by atoms with Gasteiger partial charge in [-0.15, -0.1) is 11.6 Å². The maximum Gasteiger partial charge on any atom is 0.124 e. The van der Waals surface area contributed by atoms with Crippen LogP contribution in [0.5, 0.6) is 0 Å². The molecule has 1 rings (SSSR count). The molecular weight excluding hydrogens is 139 g/mol. The SMILES string of the molecule is C[C@@]1(F)CCCCC1Cl. The lowest BCUT2D eigenvalue weighted by molar-refractivity contribution is 0.135. The van der Waals surface area contributed by atoms with Crippen LogP contribution in [0.2, 0.25) is 0 Å². The predicted molar refractivity (Wildman–Crippen MR) is 37.6 cm³/mol. The largest absolute Gasteiger partial charge is 0.243 e. The van der Waals surface area contributed by atoms with Crippen LogP contribution in [0.3, 0.4) is 0 Å². The second-order valence-corrected chi connectivity index (χ2v) is 3.52. The summed E-state index contributed by atoms with van der Waals surface area (Å²) in [5.41, 5.74) is -1.10. The summed E-state index contributed by atoms with van der Waals surface area (Å²) >= 11 is 5.73. The van der Waals surface area contributed by atoms with Crippen LogP contribution in [0.1, 0.15) is 32.6 Å². The Morgan fingerprint density at radius 3 is 2.56 bits per heavy atom. The molecular formula is C7H12ClF. The lowest BCUT2D eigenvalue weighted by Crippen LogP contribution is -2.33. The minimum Gasteiger partial charge on any atom is -0.243 e. The number of rotatable bonds is 0. The molecule has 0 heterocycles. The molecule has 0 amide bonds. The van der Waals surface area contributed by atoms with Gasteiger partial charge in [-0.05, 0) is 19.8 Å². The second-order valence-electron chi connectivity index (χ2n) is 2.99. The molecule has 1 unspecified atom stereocenters. The Morgan fingerprint density at radius 2 is 2.22 bits per heavy atom. The maximum absolute atomic E-state index is 13.1. The van der Waals surface area contributed by atoms with Gasteiger partial charge in [0.25, 0.3) is 0 Å². The lowest BCUT2D eigenvalue weighted by Gasteiger charge is -2.30. The van der Waals surface area contributed by atoms with Crippen molar-refractivity contribution < 1.29 is 4.39 Å². The van der Waals surface area contributed by atoms with Crippen molar-refractivity contribution in [2.45, 2.75) is 43.7 Å². The monoisotopic (exact) mass is 150 g/mol. The Hall–Kier alpha value is 0.220. The van der Waals surface area contributed by atoms with Crippen LogP contribution in [0, 0.1) is 0 Å². The molecule has 0 spiro atoms. The molecule has 1 aliphatic carbocycles. The van der Waals surface area contributed by atoms with Crippen molar-refractivity contribution in [2.24, 2.45) is 0 Å². The van der Waals surface area contributed by atoms with Crippen LogP contribution >= 0.6 is 11.6 Å². The third kappa shape index (κ3) is 1.57. The smallest absolute Gasteiger partial charge is 0.124 e. The zero-order valence-electron chi connectivity index (χ0n) is 5.66. The van der Waals surface area contributed by atoms with E-state index in [-0.39, 0.29) is 5.38 Å². The van der Waals surface area contributed by atoms with Gasteiger partial charge in [-0.25, -0.2) is 4.39 Å². The van der Waals surface area contributed by atoms with Gasteiger partial charge in [0.2, 0.25) is 0 Å². The molecule has 54 valence electrons. The molecule has 0 aromatic carbocycles. The van der Waals surface area contributed by atoms with Crippen LogP contribution < -0.4 is 0 Å².